The fraction of sp³-hybridized carbons (Fsp3) is 0. The van der Waals surface area contributed by atoms with Crippen molar-refractivity contribution in [2.24, 2.45) is 5.10 Å². The molecule has 1 aromatic heterocycles. The van der Waals surface area contributed by atoms with Crippen LogP contribution in [0.2, 0.25) is 0 Å². The van der Waals surface area contributed by atoms with Crippen LogP contribution < -0.4 is 5.43 Å². The number of allylic oxidation sites excluding steroid dienone is 1. The lowest BCUT2D eigenvalue weighted by Gasteiger charge is -2.18. The summed E-state index contributed by atoms with van der Waals surface area (Å²) in [7, 11) is 0. The molecule has 0 spiro atoms. The molecule has 11 rings (SSSR count). The normalized spacial score (nSPS) is 12.9. The molecule has 0 saturated heterocycles. The van der Waals surface area contributed by atoms with Gasteiger partial charge in [-0.2, -0.15) is 5.10 Å². The van der Waals surface area contributed by atoms with Gasteiger partial charge >= 0.3 is 0 Å². The minimum absolute atomic E-state index is 0.345. The lowest BCUT2D eigenvalue weighted by atomic mass is 9.88. The van der Waals surface area contributed by atoms with Crippen molar-refractivity contribution in [3.05, 3.63) is 217 Å². The summed E-state index contributed by atoms with van der Waals surface area (Å²) in [6.45, 7) is 0. The molecule has 1 heterocycles. The van der Waals surface area contributed by atoms with Crippen molar-refractivity contribution in [3.8, 4) is 56.2 Å². The molecule has 0 fully saturated rings. The monoisotopic (exact) mass is 779 g/mol. The lowest BCUT2D eigenvalue weighted by molar-refractivity contribution is 1.18. The van der Waals surface area contributed by atoms with Crippen LogP contribution in [-0.2, 0) is 0 Å². The molecule has 0 atom stereocenters. The van der Waals surface area contributed by atoms with Gasteiger partial charge in [0.1, 0.15) is 5.71 Å². The van der Waals surface area contributed by atoms with Crippen LogP contribution in [0.25, 0.3) is 94.5 Å². The molecule has 5 heteroatoms. The summed E-state index contributed by atoms with van der Waals surface area (Å²) in [5.74, 6) is 0.639. The van der Waals surface area contributed by atoms with Gasteiger partial charge in [-0.15, -0.1) is 0 Å². The van der Waals surface area contributed by atoms with Gasteiger partial charge in [-0.05, 0) is 115 Å². The van der Waals surface area contributed by atoms with Gasteiger partial charge < -0.3 is 0 Å². The van der Waals surface area contributed by atoms with Crippen molar-refractivity contribution >= 4 is 55.5 Å². The van der Waals surface area contributed by atoms with Gasteiger partial charge in [0.25, 0.3) is 0 Å². The van der Waals surface area contributed by atoms with Gasteiger partial charge in [-0.25, -0.2) is 9.97 Å². The predicted molar refractivity (Wildman–Crippen MR) is 255 cm³/mol. The molecule has 0 aliphatic heterocycles. The standard InChI is InChI=1S/C56H37N5/c57-51-29-28-39-24-22-38-23-27-47(34-50(38)54(39)55(51)61-60-49-18-2-1-3-19-49)53-35-52(46-16-8-14-42(32-46)44-25-20-36-10-4-6-12-40(36)30-44)58-56(59-53)48-17-9-15-43(33-48)45-26-21-37-11-5-7-13-41(37)31-45/h1-35,57,60H/b57-51?,61-55+. The van der Waals surface area contributed by atoms with E-state index in [1.807, 2.05) is 42.5 Å². The molecular formula is C56H37N5. The number of nitrogens with zero attached hydrogens (tertiary/aromatic N) is 3. The number of para-hydroxylation sites is 1. The number of benzene rings is 9. The van der Waals surface area contributed by atoms with Crippen molar-refractivity contribution in [1.82, 2.24) is 9.97 Å². The maximum atomic E-state index is 8.94. The maximum Gasteiger partial charge on any atom is 0.160 e. The summed E-state index contributed by atoms with van der Waals surface area (Å²) < 4.78 is 0. The first-order valence-electron chi connectivity index (χ1n) is 20.4. The number of rotatable bonds is 7. The highest BCUT2D eigenvalue weighted by Gasteiger charge is 2.21. The Morgan fingerprint density at radius 1 is 0.393 bits per heavy atom. The van der Waals surface area contributed by atoms with Crippen LogP contribution in [0.5, 0.6) is 0 Å². The first-order chi connectivity index (χ1) is 30.1. The van der Waals surface area contributed by atoms with E-state index in [9.17, 15) is 0 Å². The second kappa shape index (κ2) is 15.1. The summed E-state index contributed by atoms with van der Waals surface area (Å²) in [4.78, 5) is 10.6. The Labute approximate surface area is 353 Å². The third-order valence-electron chi connectivity index (χ3n) is 11.5. The Balaban J connectivity index is 1.06. The SMILES string of the molecule is N=C1C=Cc2ccc3ccc(-c4cc(-c5cccc(-c6ccc7ccccc7c6)c5)nc(-c5cccc(-c6ccc7ccccc7c6)c5)n4)cc3c2/C1=N/Nc1ccccc1. The third-order valence-corrected chi connectivity index (χ3v) is 11.5. The second-order valence-corrected chi connectivity index (χ2v) is 15.4. The highest BCUT2D eigenvalue weighted by molar-refractivity contribution is 6.55. The number of hydrogen-bond donors (Lipinski definition) is 2. The minimum atomic E-state index is 0.345. The molecule has 1 aliphatic rings. The average molecular weight is 780 g/mol. The van der Waals surface area contributed by atoms with Crippen LogP contribution in [0.3, 0.4) is 0 Å². The van der Waals surface area contributed by atoms with Gasteiger partial charge in [0, 0.05) is 22.3 Å². The van der Waals surface area contributed by atoms with Gasteiger partial charge in [-0.1, -0.05) is 158 Å². The van der Waals surface area contributed by atoms with Crippen molar-refractivity contribution in [2.45, 2.75) is 0 Å². The zero-order valence-corrected chi connectivity index (χ0v) is 33.0. The molecule has 0 saturated carbocycles. The number of anilines is 1. The van der Waals surface area contributed by atoms with Crippen molar-refractivity contribution in [2.75, 3.05) is 5.43 Å². The second-order valence-electron chi connectivity index (χ2n) is 15.4. The third kappa shape index (κ3) is 6.94. The fourth-order valence-electron chi connectivity index (χ4n) is 8.34. The van der Waals surface area contributed by atoms with E-state index >= 15 is 0 Å². The van der Waals surface area contributed by atoms with Crippen LogP contribution in [0.4, 0.5) is 5.69 Å². The van der Waals surface area contributed by atoms with Crippen molar-refractivity contribution in [3.63, 3.8) is 0 Å². The Bertz CT molecular complexity index is 3280. The quantitative estimate of drug-likeness (QED) is 0.158. The molecule has 5 nitrogen and oxygen atoms in total. The number of fused-ring (bicyclic) bond motifs is 5. The van der Waals surface area contributed by atoms with E-state index in [0.717, 1.165) is 77.9 Å². The average Bonchev–Trinajstić information content (AvgIpc) is 3.33. The number of hydrazone groups is 1. The van der Waals surface area contributed by atoms with Crippen molar-refractivity contribution < 1.29 is 0 Å². The molecule has 0 radical (unpaired) electrons. The van der Waals surface area contributed by atoms with E-state index in [4.69, 9.17) is 20.5 Å². The summed E-state index contributed by atoms with van der Waals surface area (Å²) in [5.41, 5.74) is 15.9. The number of aromatic nitrogens is 2. The van der Waals surface area contributed by atoms with E-state index in [1.54, 1.807) is 0 Å². The molecule has 2 N–H and O–H groups in total. The summed E-state index contributed by atoms with van der Waals surface area (Å²) >= 11 is 0. The van der Waals surface area contributed by atoms with Crippen molar-refractivity contribution in [1.29, 1.82) is 5.41 Å². The zero-order chi connectivity index (χ0) is 40.7. The van der Waals surface area contributed by atoms with Gasteiger partial charge in [0.15, 0.2) is 5.82 Å². The number of nitrogens with one attached hydrogen (secondary N) is 2. The lowest BCUT2D eigenvalue weighted by Crippen LogP contribution is -2.19. The van der Waals surface area contributed by atoms with Crippen LogP contribution in [-0.4, -0.2) is 21.4 Å². The molecule has 0 amide bonds. The van der Waals surface area contributed by atoms with E-state index < -0.39 is 0 Å². The predicted octanol–water partition coefficient (Wildman–Crippen LogP) is 14.1. The van der Waals surface area contributed by atoms with Gasteiger partial charge in [-0.3, -0.25) is 10.8 Å². The molecule has 1 aliphatic carbocycles. The summed E-state index contributed by atoms with van der Waals surface area (Å²) in [6, 6.07) is 69.9. The molecule has 286 valence electrons. The Morgan fingerprint density at radius 3 is 1.61 bits per heavy atom. The van der Waals surface area contributed by atoms with Crippen LogP contribution in [0.1, 0.15) is 11.1 Å². The Hall–Kier alpha value is -8.28. The molecule has 10 aromatic rings. The molecule has 61 heavy (non-hydrogen) atoms. The number of hydrogen-bond acceptors (Lipinski definition) is 5. The highest BCUT2D eigenvalue weighted by Crippen LogP contribution is 2.36. The van der Waals surface area contributed by atoms with Crippen LogP contribution in [0, 0.1) is 5.41 Å². The molecule has 0 bridgehead atoms. The molecule has 0 unspecified atom stereocenters. The van der Waals surface area contributed by atoms with Crippen LogP contribution in [0.15, 0.2) is 211 Å². The largest absolute Gasteiger partial charge is 0.299 e. The zero-order valence-electron chi connectivity index (χ0n) is 33.0. The van der Waals surface area contributed by atoms with E-state index in [1.165, 1.54) is 21.5 Å². The topological polar surface area (TPSA) is 74.0 Å². The Kier molecular flexibility index (Phi) is 8.90. The maximum absolute atomic E-state index is 8.94. The van der Waals surface area contributed by atoms with Crippen LogP contribution >= 0.6 is 0 Å². The van der Waals surface area contributed by atoms with Gasteiger partial charge in [0.05, 0.1) is 22.8 Å². The Morgan fingerprint density at radius 2 is 0.918 bits per heavy atom. The first kappa shape index (κ1) is 35.8. The molecule has 9 aromatic carbocycles. The smallest absolute Gasteiger partial charge is 0.160 e. The first-order valence-corrected chi connectivity index (χ1v) is 20.4. The van der Waals surface area contributed by atoms with Gasteiger partial charge in [0.2, 0.25) is 0 Å². The summed E-state index contributed by atoms with van der Waals surface area (Å²) in [5, 5.41) is 20.6. The highest BCUT2D eigenvalue weighted by atomic mass is 15.3. The molecular weight excluding hydrogens is 743 g/mol. The minimum Gasteiger partial charge on any atom is -0.299 e. The summed E-state index contributed by atoms with van der Waals surface area (Å²) in [6.07, 6.45) is 3.81. The fourth-order valence-corrected chi connectivity index (χ4v) is 8.34. The van der Waals surface area contributed by atoms with E-state index in [-0.39, 0.29) is 0 Å². The van der Waals surface area contributed by atoms with E-state index in [0.29, 0.717) is 17.2 Å². The van der Waals surface area contributed by atoms with E-state index in [2.05, 4.69) is 175 Å².